The van der Waals surface area contributed by atoms with Gasteiger partial charge in [0, 0.05) is 19.1 Å². The van der Waals surface area contributed by atoms with E-state index in [1.54, 1.807) is 17.3 Å². The van der Waals surface area contributed by atoms with Crippen molar-refractivity contribution in [2.24, 2.45) is 4.99 Å². The highest BCUT2D eigenvalue weighted by Gasteiger charge is 1.92. The Morgan fingerprint density at radius 3 is 3.00 bits per heavy atom. The Labute approximate surface area is 53.5 Å². The molecule has 1 N–H and O–H groups in total. The van der Waals surface area contributed by atoms with Crippen LogP contribution in [0.5, 0.6) is 0 Å². The van der Waals surface area contributed by atoms with Crippen molar-refractivity contribution in [3.8, 4) is 0 Å². The minimum absolute atomic E-state index is 0.563. The molecule has 0 aromatic carbocycles. The first-order valence-corrected chi connectivity index (χ1v) is 2.57. The zero-order chi connectivity index (χ0) is 6.69. The normalized spacial score (nSPS) is 16.1. The maximum Gasteiger partial charge on any atom is 0.127 e. The molecule has 0 atom stereocenters. The topological polar surface area (TPSA) is 39.5 Å². The van der Waals surface area contributed by atoms with Gasteiger partial charge in [0.25, 0.3) is 0 Å². The van der Waals surface area contributed by atoms with Gasteiger partial charge in [-0.3, -0.25) is 5.41 Å². The Kier molecular flexibility index (Phi) is 1.47. The lowest BCUT2D eigenvalue weighted by molar-refractivity contribution is 0.701. The summed E-state index contributed by atoms with van der Waals surface area (Å²) in [7, 11) is 1.88. The second-order valence-electron chi connectivity index (χ2n) is 1.74. The summed E-state index contributed by atoms with van der Waals surface area (Å²) in [6, 6.07) is 0. The van der Waals surface area contributed by atoms with Crippen LogP contribution in [0, 0.1) is 5.41 Å². The third-order valence-electron chi connectivity index (χ3n) is 0.975. The van der Waals surface area contributed by atoms with E-state index in [1.807, 2.05) is 13.2 Å². The van der Waals surface area contributed by atoms with Crippen LogP contribution in [0.3, 0.4) is 0 Å². The van der Waals surface area contributed by atoms with Crippen LogP contribution < -0.4 is 0 Å². The summed E-state index contributed by atoms with van der Waals surface area (Å²) in [6.07, 6.45) is 5.19. The highest BCUT2D eigenvalue weighted by molar-refractivity contribution is 5.68. The van der Waals surface area contributed by atoms with Crippen molar-refractivity contribution >= 4 is 12.2 Å². The predicted octanol–water partition coefficient (Wildman–Crippen LogP) is 0.606. The summed E-state index contributed by atoms with van der Waals surface area (Å²) in [5, 5.41) is 6.69. The molecule has 1 aliphatic heterocycles. The number of hydrogen-bond donors (Lipinski definition) is 1. The van der Waals surface area contributed by atoms with Crippen LogP contribution in [0.1, 0.15) is 0 Å². The van der Waals surface area contributed by atoms with Gasteiger partial charge in [-0.15, -0.1) is 0 Å². The summed E-state index contributed by atoms with van der Waals surface area (Å²) < 4.78 is 0. The molecule has 0 saturated carbocycles. The summed E-state index contributed by atoms with van der Waals surface area (Å²) in [4.78, 5) is 5.67. The third-order valence-corrected chi connectivity index (χ3v) is 0.975. The molecule has 0 amide bonds. The summed E-state index contributed by atoms with van der Waals surface area (Å²) in [5.74, 6) is 2.18. The van der Waals surface area contributed by atoms with E-state index in [9.17, 15) is 0 Å². The van der Waals surface area contributed by atoms with Gasteiger partial charge in [-0.25, -0.2) is 4.99 Å². The Morgan fingerprint density at radius 2 is 2.56 bits per heavy atom. The molecule has 0 spiro atoms. The van der Waals surface area contributed by atoms with E-state index in [-0.39, 0.29) is 0 Å². The van der Waals surface area contributed by atoms with E-state index in [2.05, 4.69) is 10.9 Å². The molecule has 0 aliphatic carbocycles. The van der Waals surface area contributed by atoms with Crippen LogP contribution in [0.4, 0.5) is 0 Å². The maximum atomic E-state index is 6.69. The maximum absolute atomic E-state index is 6.69. The van der Waals surface area contributed by atoms with Gasteiger partial charge in [0.1, 0.15) is 5.70 Å². The zero-order valence-corrected chi connectivity index (χ0v) is 5.13. The molecule has 0 unspecified atom stereocenters. The molecular formula is C6H7N3. The van der Waals surface area contributed by atoms with Gasteiger partial charge in [-0.2, -0.15) is 0 Å². The predicted molar refractivity (Wildman–Crippen MR) is 36.6 cm³/mol. The van der Waals surface area contributed by atoms with Crippen molar-refractivity contribution in [3.05, 3.63) is 18.0 Å². The van der Waals surface area contributed by atoms with Crippen molar-refractivity contribution < 1.29 is 0 Å². The van der Waals surface area contributed by atoms with Crippen LogP contribution in [0.25, 0.3) is 0 Å². The highest BCUT2D eigenvalue weighted by atomic mass is 15.1. The Bertz CT molecular complexity index is 192. The van der Waals surface area contributed by atoms with Crippen molar-refractivity contribution in [1.82, 2.24) is 4.90 Å². The van der Waals surface area contributed by atoms with Crippen LogP contribution in [-0.4, -0.2) is 24.2 Å². The number of allylic oxidation sites excluding steroid dienone is 1. The molecule has 0 saturated heterocycles. The standard InChI is InChI=1S/C6H7N3/c1-9-3-2-6(4-7)8-5-9/h2-3,5,7H,1H3. The minimum atomic E-state index is 0.563. The molecule has 0 aromatic heterocycles. The van der Waals surface area contributed by atoms with Crippen LogP contribution in [0.2, 0.25) is 0 Å². The molecule has 0 aromatic rings. The fraction of sp³-hybridized carbons (Fsp3) is 0.167. The third kappa shape index (κ3) is 1.27. The first kappa shape index (κ1) is 5.79. The summed E-state index contributed by atoms with van der Waals surface area (Å²) >= 11 is 0. The molecule has 0 fully saturated rings. The van der Waals surface area contributed by atoms with E-state index in [0.717, 1.165) is 0 Å². The molecule has 0 bridgehead atoms. The van der Waals surface area contributed by atoms with E-state index >= 15 is 0 Å². The van der Waals surface area contributed by atoms with Gasteiger partial charge >= 0.3 is 0 Å². The average molecular weight is 121 g/mol. The summed E-state index contributed by atoms with van der Waals surface area (Å²) in [5.41, 5.74) is 0.563. The van der Waals surface area contributed by atoms with Gasteiger partial charge in [-0.1, -0.05) is 0 Å². The summed E-state index contributed by atoms with van der Waals surface area (Å²) in [6.45, 7) is 0. The fourth-order valence-corrected chi connectivity index (χ4v) is 0.497. The lowest BCUT2D eigenvalue weighted by Gasteiger charge is -2.08. The zero-order valence-electron chi connectivity index (χ0n) is 5.13. The van der Waals surface area contributed by atoms with Gasteiger partial charge in [-0.05, 0) is 6.08 Å². The fourth-order valence-electron chi connectivity index (χ4n) is 0.497. The van der Waals surface area contributed by atoms with E-state index in [1.165, 1.54) is 0 Å². The van der Waals surface area contributed by atoms with Crippen LogP contribution >= 0.6 is 0 Å². The van der Waals surface area contributed by atoms with Crippen LogP contribution in [-0.2, 0) is 0 Å². The van der Waals surface area contributed by atoms with Crippen LogP contribution in [0.15, 0.2) is 23.0 Å². The Balaban J connectivity index is 2.82. The molecule has 0 radical (unpaired) electrons. The molecule has 9 heavy (non-hydrogen) atoms. The Morgan fingerprint density at radius 1 is 1.78 bits per heavy atom. The Hall–Kier alpha value is -1.34. The minimum Gasteiger partial charge on any atom is -0.342 e. The van der Waals surface area contributed by atoms with Gasteiger partial charge in [0.2, 0.25) is 0 Å². The molecule has 1 rings (SSSR count). The average Bonchev–Trinajstić information content (AvgIpc) is 1.90. The quantitative estimate of drug-likeness (QED) is 0.468. The number of aliphatic imine (C=N–C) groups is 1. The van der Waals surface area contributed by atoms with Crippen molar-refractivity contribution in [2.75, 3.05) is 7.05 Å². The number of nitrogens with zero attached hydrogens (tertiary/aromatic N) is 2. The molecule has 1 heterocycles. The van der Waals surface area contributed by atoms with Crippen molar-refractivity contribution in [3.63, 3.8) is 0 Å². The van der Waals surface area contributed by atoms with E-state index in [4.69, 9.17) is 5.41 Å². The van der Waals surface area contributed by atoms with E-state index in [0.29, 0.717) is 5.70 Å². The van der Waals surface area contributed by atoms with Crippen molar-refractivity contribution in [2.45, 2.75) is 0 Å². The smallest absolute Gasteiger partial charge is 0.127 e. The first-order chi connectivity index (χ1) is 4.33. The van der Waals surface area contributed by atoms with E-state index < -0.39 is 0 Å². The molecule has 3 nitrogen and oxygen atoms in total. The molecular weight excluding hydrogens is 114 g/mol. The SMILES string of the molecule is CN1C=CC(=C=N)N=C1. The van der Waals surface area contributed by atoms with Gasteiger partial charge in [0.05, 0.1) is 6.34 Å². The number of hydrogen-bond acceptors (Lipinski definition) is 3. The lowest BCUT2D eigenvalue weighted by Crippen LogP contribution is -2.09. The molecule has 1 aliphatic rings. The second-order valence-corrected chi connectivity index (χ2v) is 1.74. The number of nitrogens with one attached hydrogen (secondary N) is 1. The first-order valence-electron chi connectivity index (χ1n) is 2.57. The van der Waals surface area contributed by atoms with Crippen molar-refractivity contribution in [1.29, 1.82) is 5.41 Å². The largest absolute Gasteiger partial charge is 0.342 e. The second kappa shape index (κ2) is 2.29. The van der Waals surface area contributed by atoms with Gasteiger partial charge in [0.15, 0.2) is 0 Å². The number of rotatable bonds is 0. The molecule has 3 heteroatoms. The van der Waals surface area contributed by atoms with Gasteiger partial charge < -0.3 is 4.90 Å². The monoisotopic (exact) mass is 121 g/mol. The highest BCUT2D eigenvalue weighted by Crippen LogP contribution is 1.98. The lowest BCUT2D eigenvalue weighted by atomic mass is 10.4. The molecule has 46 valence electrons.